The van der Waals surface area contributed by atoms with Gasteiger partial charge in [-0.05, 0) is 30.2 Å². The molecule has 8 heteroatoms. The van der Waals surface area contributed by atoms with E-state index in [9.17, 15) is 19.5 Å². The lowest BCUT2D eigenvalue weighted by Crippen LogP contribution is -2.44. The third-order valence-electron chi connectivity index (χ3n) is 5.11. The Labute approximate surface area is 171 Å². The summed E-state index contributed by atoms with van der Waals surface area (Å²) in [7, 11) is 1.51. The standard InChI is InChI=1S/C22H20N4O4/c1-26-17-9-5-3-7-15(17)20(28)19(22(26)30)21(29)25-24-18(27)11-10-13-12-23-16-8-4-2-6-14(13)16/h2-9,12,23,28H,10-11H2,1H3,(H,24,27)(H,25,29). The first-order chi connectivity index (χ1) is 14.5. The first kappa shape index (κ1) is 19.3. The second-order valence-corrected chi connectivity index (χ2v) is 6.97. The molecule has 4 aromatic rings. The van der Waals surface area contributed by atoms with Gasteiger partial charge in [-0.2, -0.15) is 0 Å². The Balaban J connectivity index is 1.44. The normalized spacial score (nSPS) is 11.0. The highest BCUT2D eigenvalue weighted by atomic mass is 16.3. The predicted octanol–water partition coefficient (Wildman–Crippen LogP) is 2.12. The molecule has 0 atom stereocenters. The number of nitrogens with zero attached hydrogens (tertiary/aromatic N) is 1. The van der Waals surface area contributed by atoms with Crippen molar-refractivity contribution < 1.29 is 14.7 Å². The molecular formula is C22H20N4O4. The largest absolute Gasteiger partial charge is 0.506 e. The van der Waals surface area contributed by atoms with Crippen molar-refractivity contribution in [1.82, 2.24) is 20.4 Å². The molecular weight excluding hydrogens is 384 g/mol. The molecule has 4 rings (SSSR count). The number of para-hydroxylation sites is 2. The van der Waals surface area contributed by atoms with Crippen LogP contribution in [0.3, 0.4) is 0 Å². The van der Waals surface area contributed by atoms with Gasteiger partial charge in [0.05, 0.1) is 5.52 Å². The average Bonchev–Trinajstić information content (AvgIpc) is 3.18. The molecule has 2 amide bonds. The summed E-state index contributed by atoms with van der Waals surface area (Å²) < 4.78 is 1.28. The molecule has 0 aliphatic heterocycles. The molecule has 0 spiro atoms. The van der Waals surface area contributed by atoms with Gasteiger partial charge < -0.3 is 14.7 Å². The molecule has 0 aliphatic carbocycles. The number of hydrogen-bond acceptors (Lipinski definition) is 4. The maximum atomic E-state index is 12.5. The Morgan fingerprint density at radius 3 is 2.53 bits per heavy atom. The van der Waals surface area contributed by atoms with Gasteiger partial charge in [-0.15, -0.1) is 0 Å². The van der Waals surface area contributed by atoms with Crippen molar-refractivity contribution in [3.05, 3.63) is 76.2 Å². The predicted molar refractivity (Wildman–Crippen MR) is 113 cm³/mol. The number of nitrogens with one attached hydrogen (secondary N) is 3. The minimum Gasteiger partial charge on any atom is -0.506 e. The minimum atomic E-state index is -0.876. The number of rotatable bonds is 4. The quantitative estimate of drug-likeness (QED) is 0.390. The molecule has 0 saturated heterocycles. The summed E-state index contributed by atoms with van der Waals surface area (Å²) in [6.07, 6.45) is 2.48. The molecule has 2 heterocycles. The van der Waals surface area contributed by atoms with E-state index in [4.69, 9.17) is 0 Å². The first-order valence-corrected chi connectivity index (χ1v) is 9.42. The van der Waals surface area contributed by atoms with Gasteiger partial charge >= 0.3 is 0 Å². The van der Waals surface area contributed by atoms with Crippen molar-refractivity contribution >= 4 is 33.6 Å². The number of carbonyl (C=O) groups excluding carboxylic acids is 2. The van der Waals surface area contributed by atoms with Crippen LogP contribution in [0.1, 0.15) is 22.3 Å². The zero-order chi connectivity index (χ0) is 21.3. The second kappa shape index (κ2) is 7.75. The van der Waals surface area contributed by atoms with Crippen molar-refractivity contribution in [2.75, 3.05) is 0 Å². The number of aromatic hydroxyl groups is 1. The summed E-state index contributed by atoms with van der Waals surface area (Å²) in [4.78, 5) is 40.3. The molecule has 0 saturated carbocycles. The number of H-pyrrole nitrogens is 1. The van der Waals surface area contributed by atoms with Gasteiger partial charge in [0.2, 0.25) is 5.91 Å². The van der Waals surface area contributed by atoms with Crippen LogP contribution in [-0.4, -0.2) is 26.5 Å². The van der Waals surface area contributed by atoms with Crippen LogP contribution in [-0.2, 0) is 18.3 Å². The SMILES string of the molecule is Cn1c(=O)c(C(=O)NNC(=O)CCc2c[nH]c3ccccc23)c(O)c2ccccc21. The average molecular weight is 404 g/mol. The smallest absolute Gasteiger partial charge is 0.279 e. The third kappa shape index (κ3) is 3.39. The maximum Gasteiger partial charge on any atom is 0.279 e. The number of fused-ring (bicyclic) bond motifs is 2. The van der Waals surface area contributed by atoms with E-state index in [1.807, 2.05) is 30.5 Å². The Bertz CT molecular complexity index is 1340. The van der Waals surface area contributed by atoms with E-state index in [1.54, 1.807) is 24.3 Å². The zero-order valence-corrected chi connectivity index (χ0v) is 16.2. The van der Waals surface area contributed by atoms with Crippen molar-refractivity contribution in [3.8, 4) is 5.75 Å². The van der Waals surface area contributed by atoms with Crippen LogP contribution in [0.4, 0.5) is 0 Å². The number of amides is 2. The van der Waals surface area contributed by atoms with E-state index in [1.165, 1.54) is 11.6 Å². The fraction of sp³-hybridized carbons (Fsp3) is 0.136. The Morgan fingerprint density at radius 2 is 1.73 bits per heavy atom. The van der Waals surface area contributed by atoms with Crippen LogP contribution >= 0.6 is 0 Å². The van der Waals surface area contributed by atoms with Crippen LogP contribution in [0.25, 0.3) is 21.8 Å². The highest BCUT2D eigenvalue weighted by Gasteiger charge is 2.21. The molecule has 8 nitrogen and oxygen atoms in total. The van der Waals surface area contributed by atoms with Crippen LogP contribution in [0.5, 0.6) is 5.75 Å². The highest BCUT2D eigenvalue weighted by Crippen LogP contribution is 2.25. The molecule has 30 heavy (non-hydrogen) atoms. The lowest BCUT2D eigenvalue weighted by Gasteiger charge is -2.12. The number of aryl methyl sites for hydroxylation is 2. The Morgan fingerprint density at radius 1 is 1.03 bits per heavy atom. The summed E-state index contributed by atoms with van der Waals surface area (Å²) in [6.45, 7) is 0. The topological polar surface area (TPSA) is 116 Å². The van der Waals surface area contributed by atoms with Crippen molar-refractivity contribution in [2.45, 2.75) is 12.8 Å². The van der Waals surface area contributed by atoms with E-state index in [0.717, 1.165) is 16.5 Å². The molecule has 0 aliphatic rings. The molecule has 0 radical (unpaired) electrons. The van der Waals surface area contributed by atoms with Gasteiger partial charge in [0, 0.05) is 36.0 Å². The van der Waals surface area contributed by atoms with E-state index < -0.39 is 28.7 Å². The molecule has 0 bridgehead atoms. The summed E-state index contributed by atoms with van der Waals surface area (Å²) in [5, 5.41) is 11.8. The molecule has 0 fully saturated rings. The van der Waals surface area contributed by atoms with Crippen LogP contribution in [0.2, 0.25) is 0 Å². The summed E-state index contributed by atoms with van der Waals surface area (Å²) >= 11 is 0. The molecule has 2 aromatic carbocycles. The summed E-state index contributed by atoms with van der Waals surface area (Å²) in [6, 6.07) is 14.5. The molecule has 0 unspecified atom stereocenters. The first-order valence-electron chi connectivity index (χ1n) is 9.42. The van der Waals surface area contributed by atoms with Crippen LogP contribution < -0.4 is 16.4 Å². The van der Waals surface area contributed by atoms with Gasteiger partial charge in [0.15, 0.2) is 0 Å². The second-order valence-electron chi connectivity index (χ2n) is 6.97. The van der Waals surface area contributed by atoms with Gasteiger partial charge in [-0.1, -0.05) is 30.3 Å². The number of carbonyl (C=O) groups is 2. The number of aromatic nitrogens is 2. The van der Waals surface area contributed by atoms with Gasteiger partial charge in [0.1, 0.15) is 11.3 Å². The Hall–Kier alpha value is -4.07. The molecule has 152 valence electrons. The van der Waals surface area contributed by atoms with Crippen molar-refractivity contribution in [1.29, 1.82) is 0 Å². The van der Waals surface area contributed by atoms with Gasteiger partial charge in [-0.3, -0.25) is 25.2 Å². The molecule has 2 aromatic heterocycles. The zero-order valence-electron chi connectivity index (χ0n) is 16.2. The number of hydrazine groups is 1. The number of aromatic amines is 1. The van der Waals surface area contributed by atoms with Crippen LogP contribution in [0.15, 0.2) is 59.5 Å². The minimum absolute atomic E-state index is 0.143. The summed E-state index contributed by atoms with van der Waals surface area (Å²) in [5.41, 5.74) is 5.93. The maximum absolute atomic E-state index is 12.5. The van der Waals surface area contributed by atoms with E-state index in [0.29, 0.717) is 17.3 Å². The van der Waals surface area contributed by atoms with E-state index in [2.05, 4.69) is 15.8 Å². The monoisotopic (exact) mass is 404 g/mol. The summed E-state index contributed by atoms with van der Waals surface area (Å²) in [5.74, 6) is -1.70. The Kier molecular flexibility index (Phi) is 4.97. The third-order valence-corrected chi connectivity index (χ3v) is 5.11. The van der Waals surface area contributed by atoms with Gasteiger partial charge in [-0.25, -0.2) is 0 Å². The van der Waals surface area contributed by atoms with E-state index >= 15 is 0 Å². The molecule has 4 N–H and O–H groups in total. The van der Waals surface area contributed by atoms with Crippen LogP contribution in [0, 0.1) is 0 Å². The van der Waals surface area contributed by atoms with Crippen molar-refractivity contribution in [2.24, 2.45) is 7.05 Å². The van der Waals surface area contributed by atoms with E-state index in [-0.39, 0.29) is 6.42 Å². The number of pyridine rings is 1. The van der Waals surface area contributed by atoms with Gasteiger partial charge in [0.25, 0.3) is 11.5 Å². The lowest BCUT2D eigenvalue weighted by molar-refractivity contribution is -0.121. The number of hydrogen-bond donors (Lipinski definition) is 4. The highest BCUT2D eigenvalue weighted by molar-refractivity contribution is 6.02. The number of benzene rings is 2. The fourth-order valence-electron chi connectivity index (χ4n) is 3.52. The fourth-order valence-corrected chi connectivity index (χ4v) is 3.52. The van der Waals surface area contributed by atoms with Crippen molar-refractivity contribution in [3.63, 3.8) is 0 Å². The lowest BCUT2D eigenvalue weighted by atomic mass is 10.1.